The van der Waals surface area contributed by atoms with E-state index in [4.69, 9.17) is 10.5 Å². The minimum Gasteiger partial charge on any atom is -0.325 e. The van der Waals surface area contributed by atoms with E-state index in [1.807, 2.05) is 12.1 Å². The molecule has 0 spiro atoms. The Bertz CT molecular complexity index is 1060. The summed E-state index contributed by atoms with van der Waals surface area (Å²) in [4.78, 5) is 28.7. The lowest BCUT2D eigenvalue weighted by Gasteiger charge is -2.20. The van der Waals surface area contributed by atoms with E-state index >= 15 is 0 Å². The Kier molecular flexibility index (Phi) is 7.62. The van der Waals surface area contributed by atoms with Crippen LogP contribution in [-0.4, -0.2) is 16.9 Å². The Labute approximate surface area is 178 Å². The number of alkyl halides is 3. The molecule has 0 amide bonds. The summed E-state index contributed by atoms with van der Waals surface area (Å²) in [5, 5.41) is 18.0. The maximum absolute atomic E-state index is 13.6. The quantitative estimate of drug-likeness (QED) is 0.270. The van der Waals surface area contributed by atoms with Gasteiger partial charge in [0.25, 0.3) is 5.56 Å². The predicted molar refractivity (Wildman–Crippen MR) is 109 cm³/mol. The number of halogens is 3. The molecule has 0 aromatic carbocycles. The maximum atomic E-state index is 13.6. The van der Waals surface area contributed by atoms with Crippen molar-refractivity contribution < 1.29 is 18.0 Å². The van der Waals surface area contributed by atoms with Crippen molar-refractivity contribution in [1.29, 1.82) is 10.5 Å². The predicted octanol–water partition coefficient (Wildman–Crippen LogP) is 5.05. The van der Waals surface area contributed by atoms with E-state index in [0.717, 1.165) is 12.8 Å². The normalized spacial score (nSPS) is 15.0. The number of allylic oxidation sites excluding steroid dienone is 4. The molecule has 0 bridgehead atoms. The summed E-state index contributed by atoms with van der Waals surface area (Å²) in [7, 11) is 0. The molecule has 0 saturated heterocycles. The fourth-order valence-electron chi connectivity index (χ4n) is 3.49. The highest BCUT2D eigenvalue weighted by Crippen LogP contribution is 2.37. The third-order valence-electron chi connectivity index (χ3n) is 5.04. The summed E-state index contributed by atoms with van der Waals surface area (Å²) in [6.07, 6.45) is -1.43. The molecular formula is C23H24F3N3O2. The molecule has 1 heterocycles. The summed E-state index contributed by atoms with van der Waals surface area (Å²) < 4.78 is 39.7. The second-order valence-electron chi connectivity index (χ2n) is 8.08. The number of pyridine rings is 1. The highest BCUT2D eigenvalue weighted by Gasteiger charge is 2.35. The van der Waals surface area contributed by atoms with Crippen molar-refractivity contribution in [3.63, 3.8) is 0 Å². The zero-order valence-electron chi connectivity index (χ0n) is 17.7. The van der Waals surface area contributed by atoms with Gasteiger partial charge in [-0.25, -0.2) is 0 Å². The summed E-state index contributed by atoms with van der Waals surface area (Å²) in [5.74, 6) is -0.898. The Morgan fingerprint density at radius 2 is 1.94 bits per heavy atom. The van der Waals surface area contributed by atoms with Crippen molar-refractivity contribution in [3.05, 3.63) is 56.0 Å². The van der Waals surface area contributed by atoms with E-state index in [-0.39, 0.29) is 52.3 Å². The van der Waals surface area contributed by atoms with Crippen LogP contribution in [0.15, 0.2) is 28.1 Å². The van der Waals surface area contributed by atoms with Gasteiger partial charge in [0.15, 0.2) is 5.78 Å². The summed E-state index contributed by atoms with van der Waals surface area (Å²) in [5.41, 5.74) is -0.501. The van der Waals surface area contributed by atoms with Gasteiger partial charge < -0.3 is 4.98 Å². The average molecular weight is 431 g/mol. The topological polar surface area (TPSA) is 97.5 Å². The Morgan fingerprint density at radius 1 is 1.29 bits per heavy atom. The minimum atomic E-state index is -4.56. The Morgan fingerprint density at radius 3 is 2.42 bits per heavy atom. The van der Waals surface area contributed by atoms with Crippen molar-refractivity contribution in [2.75, 3.05) is 0 Å². The number of carbonyl (C=O) groups is 1. The number of carbonyl (C=O) groups excluding carboxylic acids is 1. The van der Waals surface area contributed by atoms with Gasteiger partial charge >= 0.3 is 6.18 Å². The average Bonchev–Trinajstić information content (AvgIpc) is 3.48. The second-order valence-corrected chi connectivity index (χ2v) is 8.08. The molecule has 0 radical (unpaired) electrons. The van der Waals surface area contributed by atoms with Gasteiger partial charge in [-0.05, 0) is 49.7 Å². The molecule has 1 aliphatic rings. The van der Waals surface area contributed by atoms with E-state index in [2.05, 4.69) is 4.98 Å². The van der Waals surface area contributed by atoms with Crippen molar-refractivity contribution in [3.8, 4) is 12.1 Å². The molecule has 0 atom stereocenters. The molecule has 0 aliphatic heterocycles. The van der Waals surface area contributed by atoms with Crippen LogP contribution in [0.3, 0.4) is 0 Å². The molecule has 1 aromatic heterocycles. The molecule has 1 N–H and O–H groups in total. The van der Waals surface area contributed by atoms with Crippen LogP contribution in [0.25, 0.3) is 0 Å². The fraction of sp³-hybridized carbons (Fsp3) is 0.478. The number of hydrogen-bond acceptors (Lipinski definition) is 4. The van der Waals surface area contributed by atoms with Gasteiger partial charge in [0.2, 0.25) is 0 Å². The summed E-state index contributed by atoms with van der Waals surface area (Å²) in [6.45, 7) is 4.87. The zero-order valence-corrected chi connectivity index (χ0v) is 17.7. The lowest BCUT2D eigenvalue weighted by molar-refractivity contribution is -0.128. The van der Waals surface area contributed by atoms with Gasteiger partial charge in [0.05, 0.1) is 25.0 Å². The van der Waals surface area contributed by atoms with Gasteiger partial charge in [-0.2, -0.15) is 23.7 Å². The number of aromatic nitrogens is 1. The van der Waals surface area contributed by atoms with Crippen LogP contribution in [0.1, 0.15) is 73.1 Å². The van der Waals surface area contributed by atoms with Gasteiger partial charge in [-0.15, -0.1) is 0 Å². The van der Waals surface area contributed by atoms with E-state index in [1.54, 1.807) is 13.8 Å². The number of ketones is 1. The third kappa shape index (κ3) is 6.42. The zero-order chi connectivity index (χ0) is 23.3. The maximum Gasteiger partial charge on any atom is 0.394 e. The van der Waals surface area contributed by atoms with Crippen LogP contribution in [0.2, 0.25) is 0 Å². The van der Waals surface area contributed by atoms with Crippen LogP contribution in [-0.2, 0) is 12.8 Å². The second kappa shape index (κ2) is 9.78. The van der Waals surface area contributed by atoms with Crippen LogP contribution < -0.4 is 5.56 Å². The van der Waals surface area contributed by atoms with Crippen LogP contribution in [0, 0.1) is 28.6 Å². The highest BCUT2D eigenvalue weighted by molar-refractivity contribution is 6.12. The standard InChI is InChI=1S/C23H24F3N3O2/c1-13(2)19-20(21(30)16(5-4-8-27)9-14(3)12-28)17(10-15-6-7-15)18(29-22(19)31)11-23(24,25)26/h5,9,13,15H,4,6-7,10-11H2,1-3H3,(H,29,31)/b14-9+,16-5+. The SMILES string of the molecule is C/C(C#N)=C\C(=C/CC#N)C(=O)c1c(CC2CC2)c(CC(F)(F)F)[nH]c(=O)c1C(C)C. The smallest absolute Gasteiger partial charge is 0.325 e. The van der Waals surface area contributed by atoms with E-state index in [0.29, 0.717) is 0 Å². The fourth-order valence-corrected chi connectivity index (χ4v) is 3.49. The highest BCUT2D eigenvalue weighted by atomic mass is 19.4. The largest absolute Gasteiger partial charge is 0.394 e. The molecule has 0 unspecified atom stereocenters. The summed E-state index contributed by atoms with van der Waals surface area (Å²) in [6, 6.07) is 3.78. The molecule has 1 saturated carbocycles. The Hall–Kier alpha value is -3.13. The molecule has 164 valence electrons. The number of nitriles is 2. The number of rotatable bonds is 8. The number of Topliss-reactive ketones (excluding diaryl/α,β-unsaturated/α-hetero) is 1. The van der Waals surface area contributed by atoms with Crippen molar-refractivity contribution in [2.45, 2.75) is 65.0 Å². The van der Waals surface area contributed by atoms with Crippen molar-refractivity contribution >= 4 is 5.78 Å². The van der Waals surface area contributed by atoms with Crippen LogP contribution in [0.5, 0.6) is 0 Å². The van der Waals surface area contributed by atoms with Crippen LogP contribution >= 0.6 is 0 Å². The first-order valence-corrected chi connectivity index (χ1v) is 10.0. The van der Waals surface area contributed by atoms with Gasteiger partial charge in [-0.1, -0.05) is 19.9 Å². The van der Waals surface area contributed by atoms with Gasteiger partial charge in [0, 0.05) is 28.0 Å². The molecule has 1 aliphatic carbocycles. The molecule has 31 heavy (non-hydrogen) atoms. The minimum absolute atomic E-state index is 0.0168. The van der Waals surface area contributed by atoms with Crippen molar-refractivity contribution in [2.24, 2.45) is 5.92 Å². The number of nitrogens with zero attached hydrogens (tertiary/aromatic N) is 2. The first-order chi connectivity index (χ1) is 14.5. The molecule has 5 nitrogen and oxygen atoms in total. The van der Waals surface area contributed by atoms with Crippen molar-refractivity contribution in [1.82, 2.24) is 4.98 Å². The molecule has 8 heteroatoms. The Balaban J connectivity index is 2.82. The van der Waals surface area contributed by atoms with Gasteiger partial charge in [0.1, 0.15) is 0 Å². The first kappa shape index (κ1) is 24.1. The number of nitrogens with one attached hydrogen (secondary N) is 1. The third-order valence-corrected chi connectivity index (χ3v) is 5.04. The molecule has 2 rings (SSSR count). The first-order valence-electron chi connectivity index (χ1n) is 10.0. The number of hydrogen-bond donors (Lipinski definition) is 1. The van der Waals surface area contributed by atoms with E-state index < -0.39 is 29.9 Å². The monoisotopic (exact) mass is 431 g/mol. The van der Waals surface area contributed by atoms with Gasteiger partial charge in [-0.3, -0.25) is 9.59 Å². The number of H-pyrrole nitrogens is 1. The lowest BCUT2D eigenvalue weighted by atomic mass is 9.85. The van der Waals surface area contributed by atoms with E-state index in [1.165, 1.54) is 19.1 Å². The number of aromatic amines is 1. The van der Waals surface area contributed by atoms with Crippen LogP contribution in [0.4, 0.5) is 13.2 Å². The van der Waals surface area contributed by atoms with E-state index in [9.17, 15) is 22.8 Å². The summed E-state index contributed by atoms with van der Waals surface area (Å²) >= 11 is 0. The lowest BCUT2D eigenvalue weighted by Crippen LogP contribution is -2.28. The molecular weight excluding hydrogens is 407 g/mol. The molecule has 1 aromatic rings. The molecule has 1 fully saturated rings.